The van der Waals surface area contributed by atoms with E-state index in [2.05, 4.69) is 20.3 Å². The van der Waals surface area contributed by atoms with Gasteiger partial charge in [-0.25, -0.2) is 4.98 Å². The maximum absolute atomic E-state index is 12.2. The van der Waals surface area contributed by atoms with E-state index in [4.69, 9.17) is 4.42 Å². The molecule has 0 aliphatic rings. The Morgan fingerprint density at radius 2 is 2.04 bits per heavy atom. The Morgan fingerprint density at radius 3 is 2.81 bits per heavy atom. The molecule has 0 amide bonds. The van der Waals surface area contributed by atoms with Crippen LogP contribution in [-0.4, -0.2) is 24.8 Å². The molecule has 0 aliphatic carbocycles. The highest BCUT2D eigenvalue weighted by Gasteiger charge is 2.12. The van der Waals surface area contributed by atoms with E-state index in [9.17, 15) is 4.79 Å². The zero-order valence-electron chi connectivity index (χ0n) is 14.2. The van der Waals surface area contributed by atoms with Crippen LogP contribution >= 0.6 is 23.1 Å². The zero-order valence-corrected chi connectivity index (χ0v) is 15.8. The highest BCUT2D eigenvalue weighted by Crippen LogP contribution is 2.25. The molecule has 3 heterocycles. The predicted octanol–water partition coefficient (Wildman–Crippen LogP) is 3.36. The van der Waals surface area contributed by atoms with Crippen LogP contribution in [0.2, 0.25) is 0 Å². The molecular weight excluding hydrogens is 370 g/mol. The molecule has 0 atom stereocenters. The number of aryl methyl sites for hydroxylation is 2. The Kier molecular flexibility index (Phi) is 4.56. The van der Waals surface area contributed by atoms with Gasteiger partial charge in [0.2, 0.25) is 10.9 Å². The van der Waals surface area contributed by atoms with Gasteiger partial charge in [-0.2, -0.15) is 9.61 Å². The van der Waals surface area contributed by atoms with E-state index in [1.807, 2.05) is 38.1 Å². The lowest BCUT2D eigenvalue weighted by atomic mass is 10.1. The van der Waals surface area contributed by atoms with Crippen LogP contribution in [-0.2, 0) is 12.2 Å². The maximum atomic E-state index is 12.2. The van der Waals surface area contributed by atoms with E-state index < -0.39 is 0 Å². The molecule has 4 aromatic rings. The fourth-order valence-electron chi connectivity index (χ4n) is 2.33. The van der Waals surface area contributed by atoms with Crippen molar-refractivity contribution in [3.63, 3.8) is 0 Å². The molecule has 0 fully saturated rings. The summed E-state index contributed by atoms with van der Waals surface area (Å²) in [6.07, 6.45) is 0.779. The Morgan fingerprint density at radius 1 is 1.23 bits per heavy atom. The van der Waals surface area contributed by atoms with Crippen LogP contribution in [0.4, 0.5) is 0 Å². The standard InChI is InChI=1S/C17H15N5O2S2/c1-3-13-21-22-14(23)8-12(18-16(22)26-13)9-25-17-20-19-15(24-17)11-6-4-10(2)5-7-11/h4-8H,3,9H2,1-2H3. The van der Waals surface area contributed by atoms with Crippen LogP contribution in [0.25, 0.3) is 16.4 Å². The van der Waals surface area contributed by atoms with Crippen molar-refractivity contribution >= 4 is 28.1 Å². The van der Waals surface area contributed by atoms with Crippen molar-refractivity contribution in [1.29, 1.82) is 0 Å². The second-order valence-corrected chi connectivity index (χ2v) is 7.62. The topological polar surface area (TPSA) is 86.2 Å². The fraction of sp³-hybridized carbons (Fsp3) is 0.235. The van der Waals surface area contributed by atoms with Gasteiger partial charge in [0.1, 0.15) is 5.01 Å². The number of hydrogen-bond donors (Lipinski definition) is 0. The third kappa shape index (κ3) is 3.40. The summed E-state index contributed by atoms with van der Waals surface area (Å²) in [4.78, 5) is 17.3. The van der Waals surface area contributed by atoms with Gasteiger partial charge in [0.25, 0.3) is 10.8 Å². The van der Waals surface area contributed by atoms with E-state index in [1.54, 1.807) is 0 Å². The summed E-state index contributed by atoms with van der Waals surface area (Å²) in [6, 6.07) is 9.39. The number of nitrogens with zero attached hydrogens (tertiary/aromatic N) is 5. The first-order chi connectivity index (χ1) is 12.6. The summed E-state index contributed by atoms with van der Waals surface area (Å²) in [5, 5.41) is 13.7. The molecule has 4 rings (SSSR count). The van der Waals surface area contributed by atoms with Crippen molar-refractivity contribution in [3.8, 4) is 11.5 Å². The van der Waals surface area contributed by atoms with Gasteiger partial charge in [-0.05, 0) is 25.5 Å². The minimum atomic E-state index is -0.174. The lowest BCUT2D eigenvalue weighted by Gasteiger charge is -1.98. The molecule has 132 valence electrons. The van der Waals surface area contributed by atoms with Gasteiger partial charge in [0.05, 0.1) is 5.69 Å². The van der Waals surface area contributed by atoms with Crippen LogP contribution in [0.1, 0.15) is 23.2 Å². The summed E-state index contributed by atoms with van der Waals surface area (Å²) in [6.45, 7) is 4.03. The van der Waals surface area contributed by atoms with Crippen LogP contribution in [0.15, 0.2) is 44.8 Å². The smallest absolute Gasteiger partial charge is 0.277 e. The molecule has 0 N–H and O–H groups in total. The fourth-order valence-corrected chi connectivity index (χ4v) is 3.84. The largest absolute Gasteiger partial charge is 0.411 e. The van der Waals surface area contributed by atoms with Crippen LogP contribution in [0, 0.1) is 6.92 Å². The summed E-state index contributed by atoms with van der Waals surface area (Å²) in [7, 11) is 0. The number of rotatable bonds is 5. The zero-order chi connectivity index (χ0) is 18.1. The lowest BCUT2D eigenvalue weighted by Crippen LogP contribution is -2.15. The molecule has 0 saturated heterocycles. The molecule has 0 unspecified atom stereocenters. The minimum absolute atomic E-state index is 0.174. The molecule has 9 heteroatoms. The van der Waals surface area contributed by atoms with Crippen LogP contribution < -0.4 is 5.56 Å². The van der Waals surface area contributed by atoms with Crippen molar-refractivity contribution in [2.75, 3.05) is 0 Å². The number of benzene rings is 1. The summed E-state index contributed by atoms with van der Waals surface area (Å²) in [5.74, 6) is 0.951. The Balaban J connectivity index is 1.51. The molecule has 0 bridgehead atoms. The van der Waals surface area contributed by atoms with Gasteiger partial charge >= 0.3 is 0 Å². The Hall–Kier alpha value is -2.52. The van der Waals surface area contributed by atoms with Crippen molar-refractivity contribution in [2.24, 2.45) is 0 Å². The van der Waals surface area contributed by atoms with E-state index in [1.165, 1.54) is 39.2 Å². The number of hydrogen-bond acceptors (Lipinski definition) is 8. The number of fused-ring (bicyclic) bond motifs is 1. The third-order valence-electron chi connectivity index (χ3n) is 3.69. The second kappa shape index (κ2) is 7.00. The van der Waals surface area contributed by atoms with Crippen molar-refractivity contribution in [2.45, 2.75) is 31.2 Å². The summed E-state index contributed by atoms with van der Waals surface area (Å²) < 4.78 is 7.04. The first-order valence-corrected chi connectivity index (χ1v) is 9.84. The molecule has 3 aromatic heterocycles. The molecule has 0 aliphatic heterocycles. The Bertz CT molecular complexity index is 1110. The Labute approximate surface area is 157 Å². The molecule has 0 saturated carbocycles. The van der Waals surface area contributed by atoms with E-state index in [0.29, 0.717) is 27.5 Å². The number of thioether (sulfide) groups is 1. The molecule has 0 radical (unpaired) electrons. The first kappa shape index (κ1) is 16.9. The van der Waals surface area contributed by atoms with Crippen molar-refractivity contribution < 1.29 is 4.42 Å². The van der Waals surface area contributed by atoms with Gasteiger partial charge in [-0.3, -0.25) is 4.79 Å². The van der Waals surface area contributed by atoms with Gasteiger partial charge < -0.3 is 4.42 Å². The van der Waals surface area contributed by atoms with Crippen LogP contribution in [0.5, 0.6) is 0 Å². The second-order valence-electron chi connectivity index (χ2n) is 5.66. The monoisotopic (exact) mass is 385 g/mol. The molecule has 7 nitrogen and oxygen atoms in total. The average Bonchev–Trinajstić information content (AvgIpc) is 3.27. The quantitative estimate of drug-likeness (QED) is 0.487. The van der Waals surface area contributed by atoms with Gasteiger partial charge in [0.15, 0.2) is 0 Å². The van der Waals surface area contributed by atoms with E-state index >= 15 is 0 Å². The van der Waals surface area contributed by atoms with Gasteiger partial charge in [-0.1, -0.05) is 47.7 Å². The summed E-state index contributed by atoms with van der Waals surface area (Å²) >= 11 is 2.79. The lowest BCUT2D eigenvalue weighted by molar-refractivity contribution is 0.466. The van der Waals surface area contributed by atoms with Gasteiger partial charge in [0, 0.05) is 17.4 Å². The predicted molar refractivity (Wildman–Crippen MR) is 101 cm³/mol. The van der Waals surface area contributed by atoms with Crippen molar-refractivity contribution in [1.82, 2.24) is 24.8 Å². The third-order valence-corrected chi connectivity index (χ3v) is 5.60. The highest BCUT2D eigenvalue weighted by molar-refractivity contribution is 7.98. The molecule has 1 aromatic carbocycles. The summed E-state index contributed by atoms with van der Waals surface area (Å²) in [5.41, 5.74) is 2.54. The van der Waals surface area contributed by atoms with Crippen LogP contribution in [0.3, 0.4) is 0 Å². The normalized spacial score (nSPS) is 11.3. The molecule has 26 heavy (non-hydrogen) atoms. The first-order valence-electron chi connectivity index (χ1n) is 8.04. The maximum Gasteiger partial charge on any atom is 0.277 e. The molecular formula is C17H15N5O2S2. The van der Waals surface area contributed by atoms with E-state index in [0.717, 1.165) is 17.0 Å². The van der Waals surface area contributed by atoms with E-state index in [-0.39, 0.29) is 5.56 Å². The molecule has 0 spiro atoms. The highest BCUT2D eigenvalue weighted by atomic mass is 32.2. The van der Waals surface area contributed by atoms with Gasteiger partial charge in [-0.15, -0.1) is 10.2 Å². The van der Waals surface area contributed by atoms with Crippen molar-refractivity contribution in [3.05, 3.63) is 57.0 Å². The number of aromatic nitrogens is 5. The minimum Gasteiger partial charge on any atom is -0.411 e. The SMILES string of the molecule is CCc1nn2c(=O)cc(CSc3nnc(-c4ccc(C)cc4)o3)nc2s1. The average molecular weight is 385 g/mol.